The summed E-state index contributed by atoms with van der Waals surface area (Å²) >= 11 is 5.39. The van der Waals surface area contributed by atoms with E-state index in [4.69, 9.17) is 9.97 Å². The van der Waals surface area contributed by atoms with E-state index < -0.39 is 0 Å². The van der Waals surface area contributed by atoms with Gasteiger partial charge in [-0.05, 0) is 40.9 Å². The van der Waals surface area contributed by atoms with E-state index in [1.165, 1.54) is 34.7 Å². The van der Waals surface area contributed by atoms with Crippen LogP contribution >= 0.6 is 27.7 Å². The van der Waals surface area contributed by atoms with Crippen molar-refractivity contribution >= 4 is 27.7 Å². The summed E-state index contributed by atoms with van der Waals surface area (Å²) in [6.07, 6.45) is 2.58. The minimum Gasteiger partial charge on any atom is -0.307 e. The second-order valence-electron chi connectivity index (χ2n) is 5.55. The van der Waals surface area contributed by atoms with Gasteiger partial charge in [-0.3, -0.25) is 0 Å². The summed E-state index contributed by atoms with van der Waals surface area (Å²) in [4.78, 5) is 10.9. The first-order chi connectivity index (χ1) is 10.3. The van der Waals surface area contributed by atoms with E-state index in [1.54, 1.807) is 11.8 Å². The standard InChI is InChI=1S/C16H16BrN3S/c17-12-3-1-2-4-14(12)21-9-15-19-13-8-18-7-11(13)16(20-15)10-5-6-10/h1-4,10,18H,5-9H2. The van der Waals surface area contributed by atoms with Crippen LogP contribution in [0.4, 0.5) is 0 Å². The molecule has 0 bridgehead atoms. The maximum atomic E-state index is 4.86. The molecular weight excluding hydrogens is 346 g/mol. The van der Waals surface area contributed by atoms with Gasteiger partial charge >= 0.3 is 0 Å². The molecular formula is C16H16BrN3S. The smallest absolute Gasteiger partial charge is 0.139 e. The van der Waals surface area contributed by atoms with Gasteiger partial charge in [0, 0.05) is 33.9 Å². The number of benzene rings is 1. The van der Waals surface area contributed by atoms with E-state index in [-0.39, 0.29) is 0 Å². The largest absolute Gasteiger partial charge is 0.307 e. The second kappa shape index (κ2) is 5.71. The van der Waals surface area contributed by atoms with Crippen molar-refractivity contribution < 1.29 is 0 Å². The van der Waals surface area contributed by atoms with Crippen LogP contribution in [-0.2, 0) is 18.8 Å². The van der Waals surface area contributed by atoms with Crippen molar-refractivity contribution in [2.24, 2.45) is 0 Å². The normalized spacial score (nSPS) is 17.0. The fourth-order valence-electron chi connectivity index (χ4n) is 2.71. The first kappa shape index (κ1) is 13.7. The highest BCUT2D eigenvalue weighted by Crippen LogP contribution is 2.42. The van der Waals surface area contributed by atoms with Crippen molar-refractivity contribution in [1.29, 1.82) is 0 Å². The lowest BCUT2D eigenvalue weighted by Crippen LogP contribution is -2.04. The van der Waals surface area contributed by atoms with Crippen LogP contribution in [0, 0.1) is 0 Å². The van der Waals surface area contributed by atoms with Gasteiger partial charge in [-0.2, -0.15) is 0 Å². The van der Waals surface area contributed by atoms with Crippen LogP contribution in [0.2, 0.25) is 0 Å². The van der Waals surface area contributed by atoms with E-state index in [9.17, 15) is 0 Å². The quantitative estimate of drug-likeness (QED) is 0.834. The van der Waals surface area contributed by atoms with Crippen LogP contribution in [-0.4, -0.2) is 9.97 Å². The number of hydrogen-bond acceptors (Lipinski definition) is 4. The van der Waals surface area contributed by atoms with E-state index in [0.29, 0.717) is 5.92 Å². The molecule has 0 radical (unpaired) electrons. The zero-order valence-corrected chi connectivity index (χ0v) is 14.0. The Labute approximate surface area is 137 Å². The molecule has 0 atom stereocenters. The monoisotopic (exact) mass is 361 g/mol. The van der Waals surface area contributed by atoms with Crippen LogP contribution in [0.5, 0.6) is 0 Å². The highest BCUT2D eigenvalue weighted by Gasteiger charge is 2.31. The molecule has 1 aliphatic heterocycles. The summed E-state index contributed by atoms with van der Waals surface area (Å²) in [6, 6.07) is 8.31. The molecule has 0 amide bonds. The predicted octanol–water partition coefficient (Wildman–Crippen LogP) is 4.01. The molecule has 1 aromatic carbocycles. The number of fused-ring (bicyclic) bond motifs is 1. The molecule has 4 rings (SSSR count). The van der Waals surface area contributed by atoms with Gasteiger partial charge < -0.3 is 5.32 Å². The lowest BCUT2D eigenvalue weighted by atomic mass is 10.1. The van der Waals surface area contributed by atoms with E-state index >= 15 is 0 Å². The second-order valence-corrected chi connectivity index (χ2v) is 7.42. The molecule has 1 N–H and O–H groups in total. The van der Waals surface area contributed by atoms with E-state index in [0.717, 1.165) is 29.1 Å². The van der Waals surface area contributed by atoms with Crippen LogP contribution in [0.25, 0.3) is 0 Å². The molecule has 108 valence electrons. The van der Waals surface area contributed by atoms with Gasteiger partial charge in [0.15, 0.2) is 0 Å². The molecule has 3 nitrogen and oxygen atoms in total. The van der Waals surface area contributed by atoms with Crippen molar-refractivity contribution in [3.8, 4) is 0 Å². The van der Waals surface area contributed by atoms with Gasteiger partial charge in [0.25, 0.3) is 0 Å². The fourth-order valence-corrected chi connectivity index (χ4v) is 4.13. The predicted molar refractivity (Wildman–Crippen MR) is 88.3 cm³/mol. The number of hydrogen-bond donors (Lipinski definition) is 1. The lowest BCUT2D eigenvalue weighted by molar-refractivity contribution is 0.755. The highest BCUT2D eigenvalue weighted by atomic mass is 79.9. The summed E-state index contributed by atoms with van der Waals surface area (Å²) in [5, 5.41) is 3.40. The van der Waals surface area contributed by atoms with Gasteiger partial charge in [0.1, 0.15) is 5.82 Å². The number of halogens is 1. The number of aromatic nitrogens is 2. The Hall–Kier alpha value is -0.910. The maximum absolute atomic E-state index is 4.86. The highest BCUT2D eigenvalue weighted by molar-refractivity contribution is 9.10. The summed E-state index contributed by atoms with van der Waals surface area (Å²) in [7, 11) is 0. The van der Waals surface area contributed by atoms with Crippen molar-refractivity contribution in [2.45, 2.75) is 42.5 Å². The Morgan fingerprint density at radius 2 is 2.05 bits per heavy atom. The van der Waals surface area contributed by atoms with Crippen LogP contribution in [0.1, 0.15) is 41.5 Å². The third-order valence-corrected chi connectivity index (χ3v) is 5.95. The van der Waals surface area contributed by atoms with E-state index in [2.05, 4.69) is 39.4 Å². The third-order valence-electron chi connectivity index (χ3n) is 3.92. The molecule has 1 saturated carbocycles. The van der Waals surface area contributed by atoms with Gasteiger partial charge in [0.2, 0.25) is 0 Å². The molecule has 0 unspecified atom stereocenters. The van der Waals surface area contributed by atoms with Crippen molar-refractivity contribution in [2.75, 3.05) is 0 Å². The van der Waals surface area contributed by atoms with Crippen molar-refractivity contribution in [3.05, 3.63) is 51.5 Å². The Balaban J connectivity index is 1.58. The average Bonchev–Trinajstić information content (AvgIpc) is 3.23. The minimum atomic E-state index is 0.689. The Morgan fingerprint density at radius 1 is 1.19 bits per heavy atom. The van der Waals surface area contributed by atoms with Crippen LogP contribution < -0.4 is 5.32 Å². The zero-order chi connectivity index (χ0) is 14.2. The van der Waals surface area contributed by atoms with Gasteiger partial charge in [-0.25, -0.2) is 9.97 Å². The summed E-state index contributed by atoms with van der Waals surface area (Å²) in [5.41, 5.74) is 3.90. The number of thioether (sulfide) groups is 1. The molecule has 0 saturated heterocycles. The molecule has 21 heavy (non-hydrogen) atoms. The number of rotatable bonds is 4. The average molecular weight is 362 g/mol. The van der Waals surface area contributed by atoms with Crippen molar-refractivity contribution in [3.63, 3.8) is 0 Å². The molecule has 1 aromatic heterocycles. The molecule has 1 fully saturated rings. The fraction of sp³-hybridized carbons (Fsp3) is 0.375. The third kappa shape index (κ3) is 2.87. The summed E-state index contributed by atoms with van der Waals surface area (Å²) in [6.45, 7) is 1.84. The molecule has 5 heteroatoms. The molecule has 2 aromatic rings. The Kier molecular flexibility index (Phi) is 3.73. The van der Waals surface area contributed by atoms with Crippen LogP contribution in [0.3, 0.4) is 0 Å². The SMILES string of the molecule is Brc1ccccc1SCc1nc2c(c(C3CC3)n1)CNC2. The van der Waals surface area contributed by atoms with Crippen LogP contribution in [0.15, 0.2) is 33.6 Å². The van der Waals surface area contributed by atoms with Gasteiger partial charge in [-0.15, -0.1) is 11.8 Å². The minimum absolute atomic E-state index is 0.689. The Morgan fingerprint density at radius 3 is 2.86 bits per heavy atom. The zero-order valence-electron chi connectivity index (χ0n) is 11.6. The van der Waals surface area contributed by atoms with E-state index in [1.807, 2.05) is 6.07 Å². The topological polar surface area (TPSA) is 37.8 Å². The van der Waals surface area contributed by atoms with Gasteiger partial charge in [0.05, 0.1) is 17.1 Å². The summed E-state index contributed by atoms with van der Waals surface area (Å²) < 4.78 is 1.14. The van der Waals surface area contributed by atoms with Gasteiger partial charge in [-0.1, -0.05) is 12.1 Å². The number of nitrogens with zero attached hydrogens (tertiary/aromatic N) is 2. The van der Waals surface area contributed by atoms with Crippen molar-refractivity contribution in [1.82, 2.24) is 15.3 Å². The first-order valence-corrected chi connectivity index (χ1v) is 9.06. The Bertz CT molecular complexity index is 685. The molecule has 2 heterocycles. The summed E-state index contributed by atoms with van der Waals surface area (Å²) in [5.74, 6) is 2.49. The first-order valence-electron chi connectivity index (χ1n) is 7.28. The molecule has 2 aliphatic rings. The number of nitrogens with one attached hydrogen (secondary N) is 1. The molecule has 0 spiro atoms. The molecule has 1 aliphatic carbocycles. The lowest BCUT2D eigenvalue weighted by Gasteiger charge is -2.09. The maximum Gasteiger partial charge on any atom is 0.139 e.